The summed E-state index contributed by atoms with van der Waals surface area (Å²) in [7, 11) is 0. The molecule has 2 unspecified atom stereocenters. The van der Waals surface area contributed by atoms with Gasteiger partial charge in [0.05, 0.1) is 6.04 Å². The van der Waals surface area contributed by atoms with Gasteiger partial charge >= 0.3 is 0 Å². The number of benzene rings is 1. The number of nitrogens with one attached hydrogen (secondary N) is 1. The lowest BCUT2D eigenvalue weighted by Crippen LogP contribution is -2.31. The van der Waals surface area contributed by atoms with E-state index in [9.17, 15) is 0 Å². The first kappa shape index (κ1) is 14.3. The molecule has 0 amide bonds. The highest BCUT2D eigenvalue weighted by atomic mass is 16.5. The van der Waals surface area contributed by atoms with Crippen LogP contribution in [0.15, 0.2) is 28.8 Å². The van der Waals surface area contributed by atoms with Gasteiger partial charge < -0.3 is 9.84 Å². The third-order valence-corrected chi connectivity index (χ3v) is 4.32. The molecule has 1 aromatic heterocycles. The third kappa shape index (κ3) is 3.50. The molecule has 2 aromatic rings. The van der Waals surface area contributed by atoms with Crippen LogP contribution in [0.5, 0.6) is 0 Å². The van der Waals surface area contributed by atoms with Crippen LogP contribution < -0.4 is 5.32 Å². The van der Waals surface area contributed by atoms with Crippen LogP contribution >= 0.6 is 0 Å². The molecule has 1 N–H and O–H groups in total. The van der Waals surface area contributed by atoms with Crippen LogP contribution in [0.2, 0.25) is 0 Å². The first-order valence-corrected chi connectivity index (χ1v) is 7.86. The first-order chi connectivity index (χ1) is 10.2. The van der Waals surface area contributed by atoms with E-state index in [4.69, 9.17) is 4.52 Å². The molecular formula is C17H23N3O. The number of hydrogen-bond acceptors (Lipinski definition) is 4. The van der Waals surface area contributed by atoms with Gasteiger partial charge in [0.1, 0.15) is 0 Å². The van der Waals surface area contributed by atoms with Crippen LogP contribution in [-0.4, -0.2) is 16.7 Å². The third-order valence-electron chi connectivity index (χ3n) is 4.32. The Morgan fingerprint density at radius 2 is 2.29 bits per heavy atom. The van der Waals surface area contributed by atoms with E-state index in [0.29, 0.717) is 0 Å². The summed E-state index contributed by atoms with van der Waals surface area (Å²) in [4.78, 5) is 4.59. The summed E-state index contributed by atoms with van der Waals surface area (Å²) in [6, 6.07) is 8.67. The van der Waals surface area contributed by atoms with E-state index in [2.05, 4.69) is 53.6 Å². The molecule has 3 rings (SSSR count). The molecule has 2 heterocycles. The Morgan fingerprint density at radius 3 is 3.10 bits per heavy atom. The molecule has 0 bridgehead atoms. The van der Waals surface area contributed by atoms with Crippen molar-refractivity contribution < 1.29 is 4.52 Å². The van der Waals surface area contributed by atoms with Gasteiger partial charge in [-0.05, 0) is 37.8 Å². The highest BCUT2D eigenvalue weighted by molar-refractivity contribution is 5.24. The second-order valence-electron chi connectivity index (χ2n) is 6.02. The maximum atomic E-state index is 5.48. The van der Waals surface area contributed by atoms with Crippen molar-refractivity contribution in [2.45, 2.75) is 45.6 Å². The lowest BCUT2D eigenvalue weighted by molar-refractivity contribution is 0.245. The van der Waals surface area contributed by atoms with Crippen molar-refractivity contribution in [3.63, 3.8) is 0 Å². The monoisotopic (exact) mass is 285 g/mol. The Labute approximate surface area is 126 Å². The number of hydrogen-bond donors (Lipinski definition) is 1. The van der Waals surface area contributed by atoms with Gasteiger partial charge in [-0.1, -0.05) is 48.3 Å². The highest BCUT2D eigenvalue weighted by Gasteiger charge is 2.25. The fourth-order valence-electron chi connectivity index (χ4n) is 3.04. The minimum Gasteiger partial charge on any atom is -0.338 e. The predicted molar refractivity (Wildman–Crippen MR) is 82.0 cm³/mol. The normalized spacial score (nSPS) is 22.4. The number of aromatic nitrogens is 2. The number of rotatable bonds is 4. The van der Waals surface area contributed by atoms with E-state index in [-0.39, 0.29) is 6.04 Å². The summed E-state index contributed by atoms with van der Waals surface area (Å²) in [6.45, 7) is 5.39. The lowest BCUT2D eigenvalue weighted by Gasteiger charge is -2.27. The van der Waals surface area contributed by atoms with Crippen molar-refractivity contribution in [2.75, 3.05) is 6.54 Å². The van der Waals surface area contributed by atoms with Crippen LogP contribution in [0.4, 0.5) is 0 Å². The van der Waals surface area contributed by atoms with Crippen LogP contribution in [0.25, 0.3) is 0 Å². The summed E-state index contributed by atoms with van der Waals surface area (Å²) < 4.78 is 5.48. The minimum atomic E-state index is 0.224. The van der Waals surface area contributed by atoms with E-state index in [1.807, 2.05) is 0 Å². The molecule has 2 atom stereocenters. The fraction of sp³-hybridized carbons (Fsp3) is 0.529. The van der Waals surface area contributed by atoms with Crippen molar-refractivity contribution in [3.8, 4) is 0 Å². The quantitative estimate of drug-likeness (QED) is 0.935. The SMILES string of the molecule is CCC1CCNC(c2nc(Cc3cccc(C)c3)no2)C1. The van der Waals surface area contributed by atoms with E-state index < -0.39 is 0 Å². The van der Waals surface area contributed by atoms with Gasteiger partial charge in [0.25, 0.3) is 0 Å². The molecule has 1 aliphatic heterocycles. The molecule has 1 fully saturated rings. The van der Waals surface area contributed by atoms with E-state index in [0.717, 1.165) is 37.0 Å². The van der Waals surface area contributed by atoms with E-state index >= 15 is 0 Å². The molecule has 112 valence electrons. The molecule has 4 nitrogen and oxygen atoms in total. The summed E-state index contributed by atoms with van der Waals surface area (Å²) in [6.07, 6.45) is 4.30. The maximum absolute atomic E-state index is 5.48. The number of aryl methyl sites for hydroxylation is 1. The molecule has 0 spiro atoms. The topological polar surface area (TPSA) is 51.0 Å². The van der Waals surface area contributed by atoms with Gasteiger partial charge in [0.15, 0.2) is 5.82 Å². The average Bonchev–Trinajstić information content (AvgIpc) is 2.96. The number of nitrogens with zero attached hydrogens (tertiary/aromatic N) is 2. The number of piperidine rings is 1. The van der Waals surface area contributed by atoms with Crippen molar-refractivity contribution in [3.05, 3.63) is 47.1 Å². The Kier molecular flexibility index (Phi) is 4.34. The molecule has 21 heavy (non-hydrogen) atoms. The van der Waals surface area contributed by atoms with E-state index in [1.54, 1.807) is 0 Å². The molecule has 0 aliphatic carbocycles. The second kappa shape index (κ2) is 6.39. The lowest BCUT2D eigenvalue weighted by atomic mass is 9.90. The van der Waals surface area contributed by atoms with Crippen LogP contribution in [-0.2, 0) is 6.42 Å². The molecule has 1 aliphatic rings. The zero-order valence-corrected chi connectivity index (χ0v) is 12.8. The largest absolute Gasteiger partial charge is 0.338 e. The van der Waals surface area contributed by atoms with Gasteiger partial charge in [-0.2, -0.15) is 4.98 Å². The fourth-order valence-corrected chi connectivity index (χ4v) is 3.04. The smallest absolute Gasteiger partial charge is 0.243 e. The Morgan fingerprint density at radius 1 is 1.38 bits per heavy atom. The molecular weight excluding hydrogens is 262 g/mol. The van der Waals surface area contributed by atoms with Gasteiger partial charge in [0.2, 0.25) is 5.89 Å². The Hall–Kier alpha value is -1.68. The summed E-state index contributed by atoms with van der Waals surface area (Å²) >= 11 is 0. The molecule has 1 aromatic carbocycles. The highest BCUT2D eigenvalue weighted by Crippen LogP contribution is 2.28. The molecule has 0 saturated carbocycles. The molecule has 0 radical (unpaired) electrons. The van der Waals surface area contributed by atoms with Crippen molar-refractivity contribution >= 4 is 0 Å². The predicted octanol–water partition coefficient (Wildman–Crippen LogP) is 3.42. The maximum Gasteiger partial charge on any atom is 0.243 e. The van der Waals surface area contributed by atoms with Crippen molar-refractivity contribution in [2.24, 2.45) is 5.92 Å². The average molecular weight is 285 g/mol. The van der Waals surface area contributed by atoms with Crippen molar-refractivity contribution in [1.29, 1.82) is 0 Å². The second-order valence-corrected chi connectivity index (χ2v) is 6.02. The summed E-state index contributed by atoms with van der Waals surface area (Å²) in [5.74, 6) is 2.29. The van der Waals surface area contributed by atoms with E-state index in [1.165, 1.54) is 24.0 Å². The molecule has 4 heteroatoms. The van der Waals surface area contributed by atoms with Crippen LogP contribution in [0.3, 0.4) is 0 Å². The summed E-state index contributed by atoms with van der Waals surface area (Å²) in [5, 5.41) is 7.63. The Balaban J connectivity index is 1.68. The Bertz CT molecular complexity index is 593. The van der Waals surface area contributed by atoms with Gasteiger partial charge in [-0.3, -0.25) is 0 Å². The van der Waals surface area contributed by atoms with Gasteiger partial charge in [0, 0.05) is 6.42 Å². The zero-order chi connectivity index (χ0) is 14.7. The van der Waals surface area contributed by atoms with Crippen molar-refractivity contribution in [1.82, 2.24) is 15.5 Å². The van der Waals surface area contributed by atoms with Gasteiger partial charge in [-0.15, -0.1) is 0 Å². The standard InChI is InChI=1S/C17H23N3O/c1-3-13-7-8-18-15(10-13)17-19-16(20-21-17)11-14-6-4-5-12(2)9-14/h4-6,9,13,15,18H,3,7-8,10-11H2,1-2H3. The molecule has 1 saturated heterocycles. The van der Waals surface area contributed by atoms with Crippen LogP contribution in [0, 0.1) is 12.8 Å². The minimum absolute atomic E-state index is 0.224. The first-order valence-electron chi connectivity index (χ1n) is 7.86. The van der Waals surface area contributed by atoms with Crippen LogP contribution in [0.1, 0.15) is 55.1 Å². The van der Waals surface area contributed by atoms with Gasteiger partial charge in [-0.25, -0.2) is 0 Å². The zero-order valence-electron chi connectivity index (χ0n) is 12.8. The summed E-state index contributed by atoms with van der Waals surface area (Å²) in [5.41, 5.74) is 2.49.